The highest BCUT2D eigenvalue weighted by atomic mass is 16.5. The first-order chi connectivity index (χ1) is 12.8. The number of fused-ring (bicyclic) bond motifs is 1. The third-order valence-electron chi connectivity index (χ3n) is 4.84. The van der Waals surface area contributed by atoms with Gasteiger partial charge in [-0.15, -0.1) is 6.58 Å². The highest BCUT2D eigenvalue weighted by Gasteiger charge is 2.33. The van der Waals surface area contributed by atoms with Gasteiger partial charge in [-0.05, 0) is 49.8 Å². The number of allylic oxidation sites excluding steroid dienone is 3. The van der Waals surface area contributed by atoms with Crippen molar-refractivity contribution in [3.05, 3.63) is 57.7 Å². The first-order valence-corrected chi connectivity index (χ1v) is 8.72. The molecule has 0 atom stereocenters. The lowest BCUT2D eigenvalue weighted by Gasteiger charge is -2.17. The van der Waals surface area contributed by atoms with Gasteiger partial charge in [0.25, 0.3) is 0 Å². The summed E-state index contributed by atoms with van der Waals surface area (Å²) in [7, 11) is 1.34. The van der Waals surface area contributed by atoms with Crippen LogP contribution in [0.25, 0.3) is 0 Å². The van der Waals surface area contributed by atoms with Gasteiger partial charge in [-0.3, -0.25) is 4.79 Å². The lowest BCUT2D eigenvalue weighted by atomic mass is 9.85. The van der Waals surface area contributed by atoms with E-state index in [1.54, 1.807) is 6.08 Å². The number of cyclic esters (lactones) is 1. The standard InChI is InChI=1S/C21H24O6/c1-5-6-14-13(3)16-11-27-21(25)19(16)18(20(23)24)15(14)9-7-12(2)8-10-17(22)26-4/h5,7H,1,6,8-11H2,2-4H3,(H,23,24). The molecular weight excluding hydrogens is 348 g/mol. The van der Waals surface area contributed by atoms with Crippen molar-refractivity contribution < 1.29 is 29.0 Å². The third-order valence-corrected chi connectivity index (χ3v) is 4.84. The van der Waals surface area contributed by atoms with E-state index >= 15 is 0 Å². The summed E-state index contributed by atoms with van der Waals surface area (Å²) >= 11 is 0. The van der Waals surface area contributed by atoms with Crippen LogP contribution < -0.4 is 0 Å². The first-order valence-electron chi connectivity index (χ1n) is 8.72. The number of carbonyl (C=O) groups excluding carboxylic acids is 2. The fourth-order valence-corrected chi connectivity index (χ4v) is 3.33. The summed E-state index contributed by atoms with van der Waals surface area (Å²) in [5, 5.41) is 9.79. The number of carboxylic acids is 1. The Bertz CT molecular complexity index is 832. The van der Waals surface area contributed by atoms with Crippen LogP contribution in [0.5, 0.6) is 0 Å². The SMILES string of the molecule is C=CCc1c(C)c2c(c(C(=O)O)c1CC=C(C)CCC(=O)OC)C(=O)OC2. The van der Waals surface area contributed by atoms with E-state index in [-0.39, 0.29) is 30.1 Å². The van der Waals surface area contributed by atoms with Crippen molar-refractivity contribution in [3.63, 3.8) is 0 Å². The van der Waals surface area contributed by atoms with Gasteiger partial charge < -0.3 is 14.6 Å². The van der Waals surface area contributed by atoms with Gasteiger partial charge >= 0.3 is 17.9 Å². The molecule has 0 fully saturated rings. The summed E-state index contributed by atoms with van der Waals surface area (Å²) in [5.74, 6) is -2.04. The fourth-order valence-electron chi connectivity index (χ4n) is 3.33. The maximum Gasteiger partial charge on any atom is 0.339 e. The molecule has 1 aromatic rings. The van der Waals surface area contributed by atoms with Crippen molar-refractivity contribution in [2.75, 3.05) is 7.11 Å². The zero-order valence-electron chi connectivity index (χ0n) is 15.9. The number of carbonyl (C=O) groups is 3. The summed E-state index contributed by atoms with van der Waals surface area (Å²) in [6.45, 7) is 7.62. The van der Waals surface area contributed by atoms with E-state index in [2.05, 4.69) is 11.3 Å². The topological polar surface area (TPSA) is 89.9 Å². The molecule has 1 N–H and O–H groups in total. The summed E-state index contributed by atoms with van der Waals surface area (Å²) in [6.07, 6.45) is 5.24. The summed E-state index contributed by atoms with van der Waals surface area (Å²) < 4.78 is 9.73. The van der Waals surface area contributed by atoms with E-state index in [0.717, 1.165) is 16.7 Å². The molecule has 0 bridgehead atoms. The molecule has 0 unspecified atom stereocenters. The smallest absolute Gasteiger partial charge is 0.339 e. The minimum absolute atomic E-state index is 0.00645. The van der Waals surface area contributed by atoms with Crippen LogP contribution in [0.15, 0.2) is 24.3 Å². The Balaban J connectivity index is 2.50. The zero-order valence-corrected chi connectivity index (χ0v) is 15.9. The number of carboxylic acid groups (broad SMARTS) is 1. The Kier molecular flexibility index (Phi) is 6.55. The van der Waals surface area contributed by atoms with Gasteiger partial charge in [-0.2, -0.15) is 0 Å². The van der Waals surface area contributed by atoms with Crippen molar-refractivity contribution in [1.29, 1.82) is 0 Å². The molecule has 6 heteroatoms. The van der Waals surface area contributed by atoms with Crippen LogP contribution in [0.1, 0.15) is 62.7 Å². The number of aromatic carboxylic acids is 1. The van der Waals surface area contributed by atoms with Crippen molar-refractivity contribution in [1.82, 2.24) is 0 Å². The second kappa shape index (κ2) is 8.66. The fraction of sp³-hybridized carbons (Fsp3) is 0.381. The quantitative estimate of drug-likeness (QED) is 0.554. The van der Waals surface area contributed by atoms with Crippen LogP contribution in [-0.4, -0.2) is 30.1 Å². The van der Waals surface area contributed by atoms with Gasteiger partial charge in [0.05, 0.1) is 18.2 Å². The van der Waals surface area contributed by atoms with Gasteiger partial charge in [0.15, 0.2) is 0 Å². The lowest BCUT2D eigenvalue weighted by molar-refractivity contribution is -0.140. The van der Waals surface area contributed by atoms with Crippen LogP contribution in [0.2, 0.25) is 0 Å². The Morgan fingerprint density at radius 1 is 1.26 bits per heavy atom. The minimum atomic E-state index is -1.15. The normalized spacial score (nSPS) is 13.1. The van der Waals surface area contributed by atoms with E-state index in [0.29, 0.717) is 30.4 Å². The largest absolute Gasteiger partial charge is 0.478 e. The summed E-state index contributed by atoms with van der Waals surface area (Å²) in [5.41, 5.74) is 4.07. The van der Waals surface area contributed by atoms with Gasteiger partial charge in [0.1, 0.15) is 6.61 Å². The van der Waals surface area contributed by atoms with E-state index in [9.17, 15) is 19.5 Å². The number of benzene rings is 1. The minimum Gasteiger partial charge on any atom is -0.478 e. The summed E-state index contributed by atoms with van der Waals surface area (Å²) in [4.78, 5) is 35.4. The Labute approximate surface area is 158 Å². The molecule has 0 spiro atoms. The van der Waals surface area contributed by atoms with E-state index in [1.807, 2.05) is 19.9 Å². The average molecular weight is 372 g/mol. The maximum atomic E-state index is 12.1. The molecule has 1 heterocycles. The number of rotatable bonds is 8. The molecule has 27 heavy (non-hydrogen) atoms. The van der Waals surface area contributed by atoms with Crippen molar-refractivity contribution in [3.8, 4) is 0 Å². The van der Waals surface area contributed by atoms with E-state index in [4.69, 9.17) is 4.74 Å². The van der Waals surface area contributed by atoms with Crippen LogP contribution in [0.4, 0.5) is 0 Å². The van der Waals surface area contributed by atoms with Crippen LogP contribution in [-0.2, 0) is 33.7 Å². The Morgan fingerprint density at radius 2 is 1.96 bits per heavy atom. The van der Waals surface area contributed by atoms with Crippen molar-refractivity contribution >= 4 is 17.9 Å². The van der Waals surface area contributed by atoms with Gasteiger partial charge in [0.2, 0.25) is 0 Å². The average Bonchev–Trinajstić information content (AvgIpc) is 3.01. The molecule has 1 aliphatic rings. The van der Waals surface area contributed by atoms with Gasteiger partial charge in [-0.25, -0.2) is 9.59 Å². The number of esters is 2. The number of ether oxygens (including phenoxy) is 2. The molecule has 0 aliphatic carbocycles. The second-order valence-corrected chi connectivity index (χ2v) is 6.52. The van der Waals surface area contributed by atoms with Crippen LogP contribution >= 0.6 is 0 Å². The van der Waals surface area contributed by atoms with E-state index < -0.39 is 11.9 Å². The predicted octanol–water partition coefficient (Wildman–Crippen LogP) is 3.53. The lowest BCUT2D eigenvalue weighted by Crippen LogP contribution is -2.15. The van der Waals surface area contributed by atoms with Crippen molar-refractivity contribution in [2.45, 2.75) is 46.1 Å². The zero-order chi connectivity index (χ0) is 20.1. The Hall–Kier alpha value is -2.89. The Morgan fingerprint density at radius 3 is 2.56 bits per heavy atom. The molecule has 2 rings (SSSR count). The highest BCUT2D eigenvalue weighted by Crippen LogP contribution is 2.34. The van der Waals surface area contributed by atoms with Crippen LogP contribution in [0.3, 0.4) is 0 Å². The first kappa shape index (κ1) is 20.4. The molecular formula is C21H24O6. The molecule has 1 aliphatic heterocycles. The maximum absolute atomic E-state index is 12.1. The molecule has 0 saturated heterocycles. The van der Waals surface area contributed by atoms with Gasteiger partial charge in [0, 0.05) is 12.0 Å². The highest BCUT2D eigenvalue weighted by molar-refractivity contribution is 6.06. The predicted molar refractivity (Wildman–Crippen MR) is 99.9 cm³/mol. The second-order valence-electron chi connectivity index (χ2n) is 6.52. The molecule has 1 aromatic carbocycles. The van der Waals surface area contributed by atoms with Gasteiger partial charge in [-0.1, -0.05) is 17.7 Å². The monoisotopic (exact) mass is 372 g/mol. The number of hydrogen-bond donors (Lipinski definition) is 1. The third kappa shape index (κ3) is 4.27. The molecule has 0 saturated carbocycles. The molecule has 0 amide bonds. The molecule has 6 nitrogen and oxygen atoms in total. The molecule has 0 radical (unpaired) electrons. The van der Waals surface area contributed by atoms with E-state index in [1.165, 1.54) is 7.11 Å². The van der Waals surface area contributed by atoms with Crippen molar-refractivity contribution in [2.24, 2.45) is 0 Å². The summed E-state index contributed by atoms with van der Waals surface area (Å²) in [6, 6.07) is 0. The molecule has 0 aromatic heterocycles. The number of hydrogen-bond acceptors (Lipinski definition) is 5. The van der Waals surface area contributed by atoms with Crippen LogP contribution in [0, 0.1) is 6.92 Å². The molecule has 144 valence electrons. The number of methoxy groups -OCH3 is 1.